The number of rotatable bonds is 7. The Morgan fingerprint density at radius 2 is 2.04 bits per heavy atom. The van der Waals surface area contributed by atoms with E-state index in [2.05, 4.69) is 30.1 Å². The van der Waals surface area contributed by atoms with Crippen molar-refractivity contribution < 1.29 is 14.7 Å². The summed E-state index contributed by atoms with van der Waals surface area (Å²) in [6.45, 7) is 8.41. The summed E-state index contributed by atoms with van der Waals surface area (Å²) in [6.07, 6.45) is 2.83. The maximum atomic E-state index is 12.6. The molecule has 1 atom stereocenters. The van der Waals surface area contributed by atoms with E-state index in [9.17, 15) is 9.59 Å². The van der Waals surface area contributed by atoms with Crippen LogP contribution in [0.5, 0.6) is 0 Å². The highest BCUT2D eigenvalue weighted by Crippen LogP contribution is 2.27. The summed E-state index contributed by atoms with van der Waals surface area (Å²) in [5.74, 6) is -0.426. The molecular weight excluding hydrogens is 342 g/mol. The van der Waals surface area contributed by atoms with Gasteiger partial charge in [-0.05, 0) is 56.8 Å². The fourth-order valence-electron chi connectivity index (χ4n) is 3.80. The van der Waals surface area contributed by atoms with Crippen LogP contribution in [0.15, 0.2) is 18.2 Å². The molecule has 150 valence electrons. The minimum absolute atomic E-state index is 0.0172. The Balaban J connectivity index is 1.93. The topological polar surface area (TPSA) is 72.9 Å². The van der Waals surface area contributed by atoms with Gasteiger partial charge in [0, 0.05) is 18.3 Å². The molecule has 0 bridgehead atoms. The van der Waals surface area contributed by atoms with Crippen LogP contribution in [-0.2, 0) is 9.59 Å². The molecule has 6 nitrogen and oxygen atoms in total. The van der Waals surface area contributed by atoms with Gasteiger partial charge in [0.2, 0.25) is 5.91 Å². The normalized spacial score (nSPS) is 18.5. The minimum Gasteiger partial charge on any atom is -0.480 e. The number of carbonyl (C=O) groups is 2. The molecule has 0 aromatic heterocycles. The first-order valence-corrected chi connectivity index (χ1v) is 9.81. The standard InChI is InChI=1S/C21H33N3O3/c1-15(2)18-9-5-7-16(3)21(18)22-19(25)13-24-11-6-8-17(10-12-24)23(4)14-20(26)27/h5,7,9,15,17H,6,8,10-14H2,1-4H3,(H,22,25)(H,26,27). The molecule has 1 aliphatic rings. The minimum atomic E-state index is -0.794. The lowest BCUT2D eigenvalue weighted by atomic mass is 9.98. The predicted octanol–water partition coefficient (Wildman–Crippen LogP) is 2.93. The van der Waals surface area contributed by atoms with Gasteiger partial charge in [-0.25, -0.2) is 0 Å². The number of nitrogens with zero attached hydrogens (tertiary/aromatic N) is 2. The number of likely N-dealkylation sites (N-methyl/N-ethyl adjacent to an activating group) is 1. The maximum Gasteiger partial charge on any atom is 0.317 e. The number of anilines is 1. The van der Waals surface area contributed by atoms with Crippen molar-refractivity contribution in [2.24, 2.45) is 0 Å². The van der Waals surface area contributed by atoms with Crippen LogP contribution in [0.1, 0.15) is 50.2 Å². The molecule has 0 radical (unpaired) electrons. The van der Waals surface area contributed by atoms with Crippen LogP contribution in [0.25, 0.3) is 0 Å². The molecule has 1 fully saturated rings. The quantitative estimate of drug-likeness (QED) is 0.767. The molecular formula is C21H33N3O3. The lowest BCUT2D eigenvalue weighted by Gasteiger charge is -2.25. The molecule has 27 heavy (non-hydrogen) atoms. The predicted molar refractivity (Wildman–Crippen MR) is 108 cm³/mol. The van der Waals surface area contributed by atoms with Crippen LogP contribution in [0.3, 0.4) is 0 Å². The Morgan fingerprint density at radius 1 is 1.30 bits per heavy atom. The van der Waals surface area contributed by atoms with Crippen LogP contribution >= 0.6 is 0 Å². The number of amides is 1. The summed E-state index contributed by atoms with van der Waals surface area (Å²) >= 11 is 0. The molecule has 2 rings (SSSR count). The Morgan fingerprint density at radius 3 is 2.70 bits per heavy atom. The van der Waals surface area contributed by atoms with E-state index in [4.69, 9.17) is 5.11 Å². The SMILES string of the molecule is Cc1cccc(C(C)C)c1NC(=O)CN1CCCC(N(C)CC(=O)O)CC1. The average molecular weight is 376 g/mol. The number of para-hydroxylation sites is 1. The molecule has 1 amide bonds. The Bertz CT molecular complexity index is 660. The summed E-state index contributed by atoms with van der Waals surface area (Å²) in [4.78, 5) is 27.6. The highest BCUT2D eigenvalue weighted by Gasteiger charge is 2.23. The van der Waals surface area contributed by atoms with Crippen LogP contribution in [-0.4, -0.2) is 66.1 Å². The lowest BCUT2D eigenvalue weighted by Crippen LogP contribution is -2.37. The number of carbonyl (C=O) groups excluding carboxylic acids is 1. The number of hydrogen-bond donors (Lipinski definition) is 2. The Labute approximate surface area is 162 Å². The summed E-state index contributed by atoms with van der Waals surface area (Å²) in [6, 6.07) is 6.39. The third kappa shape index (κ3) is 6.33. The van der Waals surface area contributed by atoms with Crippen molar-refractivity contribution in [3.05, 3.63) is 29.3 Å². The molecule has 0 aliphatic carbocycles. The highest BCUT2D eigenvalue weighted by atomic mass is 16.4. The summed E-state index contributed by atoms with van der Waals surface area (Å²) in [7, 11) is 1.87. The van der Waals surface area contributed by atoms with Gasteiger partial charge in [-0.2, -0.15) is 0 Å². The van der Waals surface area contributed by atoms with Crippen molar-refractivity contribution in [2.45, 2.75) is 52.0 Å². The van der Waals surface area contributed by atoms with E-state index in [0.717, 1.165) is 49.2 Å². The van der Waals surface area contributed by atoms with Crippen LogP contribution in [0.4, 0.5) is 5.69 Å². The van der Waals surface area contributed by atoms with Gasteiger partial charge >= 0.3 is 5.97 Å². The van der Waals surface area contributed by atoms with Gasteiger partial charge in [0.25, 0.3) is 0 Å². The van der Waals surface area contributed by atoms with E-state index in [1.54, 1.807) is 0 Å². The van der Waals surface area contributed by atoms with Gasteiger partial charge in [0.1, 0.15) is 0 Å². The monoisotopic (exact) mass is 375 g/mol. The molecule has 1 aliphatic heterocycles. The van der Waals surface area contributed by atoms with E-state index in [0.29, 0.717) is 12.5 Å². The van der Waals surface area contributed by atoms with Gasteiger partial charge in [-0.1, -0.05) is 32.0 Å². The largest absolute Gasteiger partial charge is 0.480 e. The van der Waals surface area contributed by atoms with Crippen molar-refractivity contribution in [2.75, 3.05) is 38.5 Å². The molecule has 0 spiro atoms. The first kappa shape index (κ1) is 21.4. The van der Waals surface area contributed by atoms with Crippen molar-refractivity contribution in [3.63, 3.8) is 0 Å². The van der Waals surface area contributed by atoms with Crippen LogP contribution in [0.2, 0.25) is 0 Å². The van der Waals surface area contributed by atoms with E-state index in [-0.39, 0.29) is 18.5 Å². The number of carboxylic acid groups (broad SMARTS) is 1. The molecule has 2 N–H and O–H groups in total. The Hall–Kier alpha value is -1.92. The number of aryl methyl sites for hydroxylation is 1. The third-order valence-electron chi connectivity index (χ3n) is 5.36. The van der Waals surface area contributed by atoms with E-state index < -0.39 is 5.97 Å². The molecule has 1 aromatic rings. The van der Waals surface area contributed by atoms with Crippen molar-refractivity contribution >= 4 is 17.6 Å². The van der Waals surface area contributed by atoms with Crippen LogP contribution < -0.4 is 5.32 Å². The van der Waals surface area contributed by atoms with Gasteiger partial charge < -0.3 is 10.4 Å². The van der Waals surface area contributed by atoms with Gasteiger partial charge in [0.15, 0.2) is 0 Å². The number of hydrogen-bond acceptors (Lipinski definition) is 4. The second-order valence-electron chi connectivity index (χ2n) is 7.91. The molecule has 1 heterocycles. The van der Waals surface area contributed by atoms with Crippen molar-refractivity contribution in [3.8, 4) is 0 Å². The zero-order valence-corrected chi connectivity index (χ0v) is 17.0. The Kier molecular flexibility index (Phi) is 7.80. The lowest BCUT2D eigenvalue weighted by molar-refractivity contribution is -0.138. The number of benzene rings is 1. The molecule has 0 saturated carbocycles. The van der Waals surface area contributed by atoms with Crippen LogP contribution in [0, 0.1) is 6.92 Å². The zero-order chi connectivity index (χ0) is 20.0. The van der Waals surface area contributed by atoms with Crippen molar-refractivity contribution in [1.82, 2.24) is 9.80 Å². The second-order valence-corrected chi connectivity index (χ2v) is 7.91. The third-order valence-corrected chi connectivity index (χ3v) is 5.36. The maximum absolute atomic E-state index is 12.6. The van der Waals surface area contributed by atoms with E-state index >= 15 is 0 Å². The fourth-order valence-corrected chi connectivity index (χ4v) is 3.80. The van der Waals surface area contributed by atoms with Crippen molar-refractivity contribution in [1.29, 1.82) is 0 Å². The van der Waals surface area contributed by atoms with E-state index in [1.165, 1.54) is 0 Å². The fraction of sp³-hybridized carbons (Fsp3) is 0.619. The van der Waals surface area contributed by atoms with E-state index in [1.807, 2.05) is 31.0 Å². The number of aliphatic carboxylic acids is 1. The first-order valence-electron chi connectivity index (χ1n) is 9.81. The molecule has 6 heteroatoms. The average Bonchev–Trinajstić information content (AvgIpc) is 2.81. The van der Waals surface area contributed by atoms with Gasteiger partial charge in [-0.3, -0.25) is 19.4 Å². The van der Waals surface area contributed by atoms with Gasteiger partial charge in [-0.15, -0.1) is 0 Å². The molecule has 1 aromatic carbocycles. The zero-order valence-electron chi connectivity index (χ0n) is 17.0. The first-order chi connectivity index (χ1) is 12.8. The molecule has 1 unspecified atom stereocenters. The number of carboxylic acids is 1. The second kappa shape index (κ2) is 9.85. The highest BCUT2D eigenvalue weighted by molar-refractivity contribution is 5.93. The number of nitrogens with one attached hydrogen (secondary N) is 1. The summed E-state index contributed by atoms with van der Waals surface area (Å²) < 4.78 is 0. The number of likely N-dealkylation sites (tertiary alicyclic amines) is 1. The summed E-state index contributed by atoms with van der Waals surface area (Å²) in [5, 5.41) is 12.1. The smallest absolute Gasteiger partial charge is 0.317 e. The van der Waals surface area contributed by atoms with Gasteiger partial charge in [0.05, 0.1) is 13.1 Å². The molecule has 1 saturated heterocycles. The summed E-state index contributed by atoms with van der Waals surface area (Å²) in [5.41, 5.74) is 3.18.